The van der Waals surface area contributed by atoms with E-state index in [0.29, 0.717) is 6.61 Å². The number of ether oxygens (including phenoxy) is 2. The van der Waals surface area contributed by atoms with Crippen molar-refractivity contribution < 1.29 is 14.3 Å². The van der Waals surface area contributed by atoms with Gasteiger partial charge in [0.1, 0.15) is 11.3 Å². The monoisotopic (exact) mass is 387 g/mol. The fourth-order valence-electron chi connectivity index (χ4n) is 3.14. The summed E-state index contributed by atoms with van der Waals surface area (Å²) in [6.45, 7) is 16.8. The van der Waals surface area contributed by atoms with Gasteiger partial charge >= 0.3 is 6.09 Å². The number of nitrogens with zero attached hydrogens (tertiary/aromatic N) is 1. The lowest BCUT2D eigenvalue weighted by molar-refractivity contribution is -0.0610. The molecule has 0 radical (unpaired) electrons. The molecule has 1 atom stereocenters. The van der Waals surface area contributed by atoms with Gasteiger partial charge < -0.3 is 9.47 Å². The third kappa shape index (κ3) is 5.58. The van der Waals surface area contributed by atoms with Crippen molar-refractivity contribution in [3.8, 4) is 0 Å². The summed E-state index contributed by atoms with van der Waals surface area (Å²) in [6.07, 6.45) is 1.61. The molecule has 0 spiro atoms. The second kappa shape index (κ2) is 7.67. The minimum atomic E-state index is -1.62. The topological polar surface area (TPSA) is 38.8 Å². The molecule has 0 aromatic heterocycles. The van der Waals surface area contributed by atoms with E-state index in [-0.39, 0.29) is 12.1 Å². The van der Waals surface area contributed by atoms with Gasteiger partial charge in [0.15, 0.2) is 0 Å². The third-order valence-corrected chi connectivity index (χ3v) is 6.27. The molecule has 0 N–H and O–H groups in total. The molecule has 1 aliphatic heterocycles. The minimum Gasteiger partial charge on any atom is -0.444 e. The van der Waals surface area contributed by atoms with Gasteiger partial charge in [-0.2, -0.15) is 0 Å². The minimum absolute atomic E-state index is 0.204. The van der Waals surface area contributed by atoms with E-state index in [1.165, 1.54) is 10.8 Å². The zero-order chi connectivity index (χ0) is 20.5. The van der Waals surface area contributed by atoms with Crippen LogP contribution in [0.1, 0.15) is 40.2 Å². The molecule has 5 heteroatoms. The number of carbonyl (C=O) groups excluding carboxylic acids is 1. The summed E-state index contributed by atoms with van der Waals surface area (Å²) in [5.41, 5.74) is 3.46. The summed E-state index contributed by atoms with van der Waals surface area (Å²) in [6, 6.07) is 10.2. The van der Waals surface area contributed by atoms with Crippen molar-refractivity contribution in [2.45, 2.75) is 71.6 Å². The van der Waals surface area contributed by atoms with Crippen LogP contribution in [0.25, 0.3) is 5.20 Å². The molecule has 0 unspecified atom stereocenters. The second-order valence-electron chi connectivity index (χ2n) is 9.48. The lowest BCUT2D eigenvalue weighted by atomic mass is 10.2. The summed E-state index contributed by atoms with van der Waals surface area (Å²) >= 11 is 0. The van der Waals surface area contributed by atoms with Crippen LogP contribution in [0.3, 0.4) is 0 Å². The SMILES string of the molecule is CC(C)(C)OC(=O)N1[C@H](C=C=C(c2ccccc2)[Si](C)(C)C)COC1(C)C. The molecule has 0 saturated carbocycles. The van der Waals surface area contributed by atoms with Gasteiger partial charge in [0.25, 0.3) is 0 Å². The molecule has 1 fully saturated rings. The highest BCUT2D eigenvalue weighted by atomic mass is 28.3. The van der Waals surface area contributed by atoms with E-state index in [4.69, 9.17) is 9.47 Å². The predicted molar refractivity (Wildman–Crippen MR) is 113 cm³/mol. The molecule has 2 rings (SSSR count). The van der Waals surface area contributed by atoms with E-state index in [0.717, 1.165) is 0 Å². The van der Waals surface area contributed by atoms with Gasteiger partial charge in [0.05, 0.1) is 20.7 Å². The Morgan fingerprint density at radius 1 is 1.26 bits per heavy atom. The molecule has 27 heavy (non-hydrogen) atoms. The Balaban J connectivity index is 2.42. The number of amides is 1. The van der Waals surface area contributed by atoms with E-state index in [9.17, 15) is 4.79 Å². The zero-order valence-corrected chi connectivity index (χ0v) is 18.9. The van der Waals surface area contributed by atoms with Crippen molar-refractivity contribution in [2.24, 2.45) is 0 Å². The van der Waals surface area contributed by atoms with E-state index in [2.05, 4.69) is 37.5 Å². The average molecular weight is 388 g/mol. The van der Waals surface area contributed by atoms with Crippen molar-refractivity contribution in [1.29, 1.82) is 0 Å². The number of benzene rings is 1. The van der Waals surface area contributed by atoms with Crippen LogP contribution in [-0.2, 0) is 9.47 Å². The van der Waals surface area contributed by atoms with Gasteiger partial charge in [-0.1, -0.05) is 50.0 Å². The van der Waals surface area contributed by atoms with Crippen LogP contribution in [0.15, 0.2) is 42.1 Å². The van der Waals surface area contributed by atoms with Crippen molar-refractivity contribution in [3.63, 3.8) is 0 Å². The van der Waals surface area contributed by atoms with Crippen LogP contribution in [0, 0.1) is 0 Å². The predicted octanol–water partition coefficient (Wildman–Crippen LogP) is 5.47. The van der Waals surface area contributed by atoms with E-state index in [1.807, 2.05) is 58.9 Å². The van der Waals surface area contributed by atoms with Crippen LogP contribution < -0.4 is 0 Å². The summed E-state index contributed by atoms with van der Waals surface area (Å²) in [5.74, 6) is 0. The highest BCUT2D eigenvalue weighted by Crippen LogP contribution is 2.31. The maximum absolute atomic E-state index is 12.8. The van der Waals surface area contributed by atoms with Crippen molar-refractivity contribution in [2.75, 3.05) is 6.61 Å². The normalized spacial score (nSPS) is 19.4. The molecule has 1 aromatic carbocycles. The van der Waals surface area contributed by atoms with Gasteiger partial charge in [-0.15, -0.1) is 5.73 Å². The first-order valence-corrected chi connectivity index (χ1v) is 13.0. The van der Waals surface area contributed by atoms with Crippen LogP contribution in [0.2, 0.25) is 19.6 Å². The van der Waals surface area contributed by atoms with Gasteiger partial charge in [-0.25, -0.2) is 4.79 Å². The number of rotatable bonds is 3. The maximum atomic E-state index is 12.8. The smallest absolute Gasteiger partial charge is 0.413 e. The highest BCUT2D eigenvalue weighted by molar-refractivity contribution is 6.93. The van der Waals surface area contributed by atoms with Crippen molar-refractivity contribution in [3.05, 3.63) is 47.7 Å². The molecule has 1 aliphatic rings. The first-order chi connectivity index (χ1) is 12.3. The largest absolute Gasteiger partial charge is 0.444 e. The Labute approximate surface area is 164 Å². The number of hydrogen-bond donors (Lipinski definition) is 0. The van der Waals surface area contributed by atoms with Crippen molar-refractivity contribution in [1.82, 2.24) is 4.90 Å². The molecular formula is C22H33NO3Si. The molecule has 148 valence electrons. The molecule has 1 heterocycles. The van der Waals surface area contributed by atoms with Crippen LogP contribution in [0.4, 0.5) is 4.79 Å². The molecule has 1 saturated heterocycles. The van der Waals surface area contributed by atoms with Gasteiger partial charge in [0, 0.05) is 0 Å². The van der Waals surface area contributed by atoms with Gasteiger partial charge in [-0.3, -0.25) is 4.90 Å². The molecule has 1 amide bonds. The Morgan fingerprint density at radius 3 is 2.37 bits per heavy atom. The Kier molecular flexibility index (Phi) is 6.10. The first-order valence-electron chi connectivity index (χ1n) is 9.50. The third-order valence-electron chi connectivity index (χ3n) is 4.34. The highest BCUT2D eigenvalue weighted by Gasteiger charge is 2.44. The summed E-state index contributed by atoms with van der Waals surface area (Å²) in [4.78, 5) is 14.5. The van der Waals surface area contributed by atoms with E-state index >= 15 is 0 Å². The lowest BCUT2D eigenvalue weighted by Crippen LogP contribution is -2.49. The Morgan fingerprint density at radius 2 is 1.85 bits per heavy atom. The quantitative estimate of drug-likeness (QED) is 0.509. The number of carbonyl (C=O) groups is 1. The Hall–Kier alpha value is -1.81. The molecule has 4 nitrogen and oxygen atoms in total. The second-order valence-corrected chi connectivity index (χ2v) is 14.5. The maximum Gasteiger partial charge on any atom is 0.413 e. The zero-order valence-electron chi connectivity index (χ0n) is 17.9. The average Bonchev–Trinajstić information content (AvgIpc) is 2.80. The molecule has 0 bridgehead atoms. The molecule has 0 aliphatic carbocycles. The number of hydrogen-bond acceptors (Lipinski definition) is 3. The summed E-state index contributed by atoms with van der Waals surface area (Å²) in [7, 11) is -1.62. The lowest BCUT2D eigenvalue weighted by Gasteiger charge is -2.34. The van der Waals surface area contributed by atoms with Crippen LogP contribution in [-0.4, -0.2) is 43.0 Å². The van der Waals surface area contributed by atoms with E-state index < -0.39 is 19.4 Å². The Bertz CT molecular complexity index is 735. The summed E-state index contributed by atoms with van der Waals surface area (Å²) < 4.78 is 11.5. The molecule has 1 aromatic rings. The van der Waals surface area contributed by atoms with Crippen LogP contribution in [0.5, 0.6) is 0 Å². The van der Waals surface area contributed by atoms with Crippen LogP contribution >= 0.6 is 0 Å². The van der Waals surface area contributed by atoms with Gasteiger partial charge in [-0.05, 0) is 51.5 Å². The fourth-order valence-corrected chi connectivity index (χ4v) is 4.69. The first kappa shape index (κ1) is 21.5. The molecular weight excluding hydrogens is 354 g/mol. The van der Waals surface area contributed by atoms with Crippen molar-refractivity contribution >= 4 is 19.4 Å². The standard InChI is InChI=1S/C22H33NO3Si/c1-21(2,3)26-20(24)23-18(16-25-22(23,4)5)14-15-19(27(6,7)8)17-12-10-9-11-13-17/h9-14,18H,16H2,1-8H3/t15?,18-/m1/s1. The van der Waals surface area contributed by atoms with E-state index in [1.54, 1.807) is 4.90 Å². The fraction of sp³-hybridized carbons (Fsp3) is 0.545. The van der Waals surface area contributed by atoms with Gasteiger partial charge in [0.2, 0.25) is 0 Å². The summed E-state index contributed by atoms with van der Waals surface area (Å²) in [5, 5.41) is 1.23.